The molecule has 0 aromatic heterocycles. The maximum Gasteiger partial charge on any atom is 0.306 e. The highest BCUT2D eigenvalue weighted by Gasteiger charge is 2.35. The molecule has 0 atom stereocenters. The van der Waals surface area contributed by atoms with Crippen molar-refractivity contribution in [1.29, 1.82) is 0 Å². The molecule has 4 rings (SSSR count). The maximum atomic E-state index is 13.7. The van der Waals surface area contributed by atoms with Crippen LogP contribution in [-0.4, -0.2) is 70.2 Å². The zero-order valence-corrected chi connectivity index (χ0v) is 54.1. The van der Waals surface area contributed by atoms with Gasteiger partial charge in [-0.25, -0.2) is 0 Å². The van der Waals surface area contributed by atoms with Gasteiger partial charge in [0.15, 0.2) is 0 Å². The summed E-state index contributed by atoms with van der Waals surface area (Å²) >= 11 is 0. The summed E-state index contributed by atoms with van der Waals surface area (Å²) in [6, 6.07) is 15.4. The molecule has 0 heterocycles. The fourth-order valence-corrected chi connectivity index (χ4v) is 10.2. The quantitative estimate of drug-likeness (QED) is 0.0407. The smallest absolute Gasteiger partial charge is 0.306 e. The second-order valence-electron chi connectivity index (χ2n) is 29.5. The van der Waals surface area contributed by atoms with Crippen molar-refractivity contribution in [3.05, 3.63) is 115 Å². The highest BCUT2D eigenvalue weighted by atomic mass is 16.5. The molecule has 12 heteroatoms. The number of benzene rings is 4. The molecular weight excluding hydrogens is 1030 g/mol. The lowest BCUT2D eigenvalue weighted by atomic mass is 9.77. The molecule has 0 unspecified atom stereocenters. The van der Waals surface area contributed by atoms with Crippen LogP contribution < -0.4 is 0 Å². The average Bonchev–Trinajstić information content (AvgIpc) is 3.55. The minimum absolute atomic E-state index is 0.00198. The SMILES string of the molecule is CC(C)OC(=O)CCc1cc(C(C)(C)C)c(O)c(C(C)(C)COC(=O)CCc2cc(C(C)(C)C)c(O)c(C(C)(C)COC(=O)CCc3cc(C(C)(C)C)c(O)c(C(C)(C)COC(=O)CCc4cc(C(C)C)c(O)c(C(C)(C)C)c4)c3)c2)c1. The van der Waals surface area contributed by atoms with Gasteiger partial charge >= 0.3 is 23.9 Å². The lowest BCUT2D eigenvalue weighted by Crippen LogP contribution is -2.28. The Bertz CT molecular complexity index is 2920. The van der Waals surface area contributed by atoms with Gasteiger partial charge in [-0.1, -0.05) is 187 Å². The summed E-state index contributed by atoms with van der Waals surface area (Å²) in [7, 11) is 0. The minimum Gasteiger partial charge on any atom is -0.507 e. The van der Waals surface area contributed by atoms with Crippen LogP contribution in [0.4, 0.5) is 0 Å². The Hall–Kier alpha value is -6.04. The largest absolute Gasteiger partial charge is 0.507 e. The molecule has 4 N–H and O–H groups in total. The number of aromatic hydroxyl groups is 4. The molecule has 0 aliphatic carbocycles. The molecule has 12 nitrogen and oxygen atoms in total. The van der Waals surface area contributed by atoms with Crippen molar-refractivity contribution in [3.63, 3.8) is 0 Å². The van der Waals surface area contributed by atoms with Gasteiger partial charge in [0.2, 0.25) is 0 Å². The van der Waals surface area contributed by atoms with Gasteiger partial charge in [-0.05, 0) is 117 Å². The van der Waals surface area contributed by atoms with Crippen LogP contribution in [0.1, 0.15) is 251 Å². The standard InChI is InChI=1S/C70H102O12/c1-42(2)48-31-44(32-49(60(48)75)64(5,6)7)23-27-56(71)79-39-68(17,18)53-36-45(33-50(61(53)76)65(8,9)10)24-28-57(72)80-40-69(19,20)54-37-46(34-51(62(54)77)66(11,12)13)25-29-58(73)81-41-70(21,22)55-38-47(26-30-59(74)82-43(3)4)35-52(63(55)78)67(14,15)16/h31-38,42-43,75-78H,23-30,39-41H2,1-22H3. The molecule has 4 aromatic carbocycles. The van der Waals surface area contributed by atoms with E-state index in [2.05, 4.69) is 20.8 Å². The molecule has 0 amide bonds. The Labute approximate surface area is 492 Å². The van der Waals surface area contributed by atoms with Gasteiger partial charge in [-0.15, -0.1) is 0 Å². The van der Waals surface area contributed by atoms with Crippen LogP contribution in [0.2, 0.25) is 0 Å². The monoisotopic (exact) mass is 1130 g/mol. The van der Waals surface area contributed by atoms with E-state index in [-0.39, 0.29) is 92.1 Å². The second-order valence-corrected chi connectivity index (χ2v) is 29.5. The van der Waals surface area contributed by atoms with Crippen molar-refractivity contribution in [2.45, 2.75) is 254 Å². The zero-order valence-electron chi connectivity index (χ0n) is 54.1. The molecule has 0 bridgehead atoms. The van der Waals surface area contributed by atoms with E-state index >= 15 is 0 Å². The zero-order chi connectivity index (χ0) is 62.5. The number of carbonyl (C=O) groups excluding carboxylic acids is 4. The summed E-state index contributed by atoms with van der Waals surface area (Å²) < 4.78 is 23.2. The highest BCUT2D eigenvalue weighted by Crippen LogP contribution is 2.44. The number of esters is 4. The number of phenols is 4. The molecule has 0 saturated carbocycles. The molecule has 0 radical (unpaired) electrons. The Balaban J connectivity index is 1.46. The van der Waals surface area contributed by atoms with Gasteiger partial charge in [0, 0.05) is 58.6 Å². The van der Waals surface area contributed by atoms with E-state index in [4.69, 9.17) is 18.9 Å². The number of hydrogen-bond acceptors (Lipinski definition) is 12. The number of hydrogen-bond donors (Lipinski definition) is 4. The van der Waals surface area contributed by atoms with Crippen molar-refractivity contribution >= 4 is 23.9 Å². The van der Waals surface area contributed by atoms with E-state index in [9.17, 15) is 39.6 Å². The average molecular weight is 1140 g/mol. The van der Waals surface area contributed by atoms with Crippen LogP contribution in [0.3, 0.4) is 0 Å². The summed E-state index contributed by atoms with van der Waals surface area (Å²) in [6.45, 7) is 43.4. The van der Waals surface area contributed by atoms with Gasteiger partial charge in [0.25, 0.3) is 0 Å². The summed E-state index contributed by atoms with van der Waals surface area (Å²) in [5.41, 5.74) is 5.02. The normalized spacial score (nSPS) is 12.9. The van der Waals surface area contributed by atoms with Gasteiger partial charge < -0.3 is 39.4 Å². The number of rotatable bonds is 23. The fourth-order valence-electron chi connectivity index (χ4n) is 10.2. The van der Waals surface area contributed by atoms with Crippen LogP contribution in [0.15, 0.2) is 48.5 Å². The Morgan fingerprint density at radius 2 is 0.585 bits per heavy atom. The van der Waals surface area contributed by atoms with Crippen molar-refractivity contribution < 1.29 is 58.6 Å². The van der Waals surface area contributed by atoms with Crippen molar-refractivity contribution in [2.24, 2.45) is 0 Å². The first-order valence-electron chi connectivity index (χ1n) is 29.5. The maximum absolute atomic E-state index is 13.7. The van der Waals surface area contributed by atoms with E-state index in [1.54, 1.807) is 0 Å². The van der Waals surface area contributed by atoms with E-state index in [0.717, 1.165) is 38.9 Å². The molecule has 0 spiro atoms. The van der Waals surface area contributed by atoms with E-state index in [1.807, 2.05) is 180 Å². The Morgan fingerprint density at radius 1 is 0.354 bits per heavy atom. The highest BCUT2D eigenvalue weighted by molar-refractivity contribution is 5.72. The van der Waals surface area contributed by atoms with E-state index in [0.29, 0.717) is 59.3 Å². The Kier molecular flexibility index (Phi) is 21.9. The number of ether oxygens (including phenoxy) is 4. The van der Waals surface area contributed by atoms with Gasteiger partial charge in [0.05, 0.1) is 6.10 Å². The van der Waals surface area contributed by atoms with E-state index in [1.165, 1.54) is 0 Å². The second kappa shape index (κ2) is 26.3. The molecule has 4 aromatic rings. The van der Waals surface area contributed by atoms with Crippen molar-refractivity contribution in [2.75, 3.05) is 19.8 Å². The number of phenolic OH excluding ortho intramolecular Hbond substituents is 4. The van der Waals surface area contributed by atoms with Crippen LogP contribution in [0.5, 0.6) is 23.0 Å². The first-order chi connectivity index (χ1) is 37.3. The lowest BCUT2D eigenvalue weighted by Gasteiger charge is -2.31. The van der Waals surface area contributed by atoms with Gasteiger partial charge in [-0.2, -0.15) is 0 Å². The van der Waals surface area contributed by atoms with Crippen LogP contribution in [0, 0.1) is 0 Å². The summed E-state index contributed by atoms with van der Waals surface area (Å²) in [6.07, 6.45) is 1.72. The topological polar surface area (TPSA) is 186 Å². The predicted molar refractivity (Wildman–Crippen MR) is 328 cm³/mol. The molecule has 82 heavy (non-hydrogen) atoms. The van der Waals surface area contributed by atoms with Crippen molar-refractivity contribution in [1.82, 2.24) is 0 Å². The third-order valence-electron chi connectivity index (χ3n) is 15.4. The number of aryl methyl sites for hydroxylation is 4. The Morgan fingerprint density at radius 3 is 0.829 bits per heavy atom. The molecule has 0 fully saturated rings. The first kappa shape index (κ1) is 68.5. The predicted octanol–water partition coefficient (Wildman–Crippen LogP) is 15.1. The van der Waals surface area contributed by atoms with Gasteiger partial charge in [-0.3, -0.25) is 19.2 Å². The first-order valence-corrected chi connectivity index (χ1v) is 29.5. The summed E-state index contributed by atoms with van der Waals surface area (Å²) in [5, 5.41) is 46.3. The summed E-state index contributed by atoms with van der Waals surface area (Å²) in [5.74, 6) is -0.769. The van der Waals surface area contributed by atoms with Crippen LogP contribution >= 0.6 is 0 Å². The number of carbonyl (C=O) groups is 4. The minimum atomic E-state index is -0.847. The lowest BCUT2D eigenvalue weighted by molar-refractivity contribution is -0.147. The summed E-state index contributed by atoms with van der Waals surface area (Å²) in [4.78, 5) is 53.0. The van der Waals surface area contributed by atoms with Crippen LogP contribution in [-0.2, 0) is 102 Å². The van der Waals surface area contributed by atoms with Crippen molar-refractivity contribution in [3.8, 4) is 23.0 Å². The molecule has 454 valence electrons. The molecule has 0 aliphatic heterocycles. The molecule has 0 saturated heterocycles. The fraction of sp³-hybridized carbons (Fsp3) is 0.600. The molecular formula is C70H102O12. The third-order valence-corrected chi connectivity index (χ3v) is 15.4. The van der Waals surface area contributed by atoms with Crippen LogP contribution in [0.25, 0.3) is 0 Å². The van der Waals surface area contributed by atoms with Gasteiger partial charge in [0.1, 0.15) is 42.8 Å². The molecule has 0 aliphatic rings. The third kappa shape index (κ3) is 18.5. The van der Waals surface area contributed by atoms with E-state index < -0.39 is 44.4 Å².